The van der Waals surface area contributed by atoms with Crippen molar-refractivity contribution in [3.8, 4) is 22.8 Å². The third-order valence-electron chi connectivity index (χ3n) is 3.03. The first kappa shape index (κ1) is 13.1. The van der Waals surface area contributed by atoms with Crippen molar-refractivity contribution in [3.05, 3.63) is 45.6 Å². The largest absolute Gasteiger partial charge is 0.439 e. The fraction of sp³-hybridized carbons (Fsp3) is 0. The van der Waals surface area contributed by atoms with Crippen LogP contribution in [-0.2, 0) is 0 Å². The number of nitrogens with zero attached hydrogens (tertiary/aromatic N) is 4. The zero-order valence-electron chi connectivity index (χ0n) is 10.8. The van der Waals surface area contributed by atoms with Gasteiger partial charge in [0, 0.05) is 5.56 Å². The Balaban J connectivity index is 1.86. The van der Waals surface area contributed by atoms with Crippen molar-refractivity contribution in [2.24, 2.45) is 0 Å². The second kappa shape index (κ2) is 5.00. The maximum absolute atomic E-state index is 11.0. The molecule has 0 unspecified atom stereocenters. The molecule has 0 aliphatic carbocycles. The van der Waals surface area contributed by atoms with Gasteiger partial charge in [-0.2, -0.15) is 0 Å². The minimum absolute atomic E-state index is 0.245. The first-order valence-corrected chi connectivity index (χ1v) is 7.38. The summed E-state index contributed by atoms with van der Waals surface area (Å²) in [6.07, 6.45) is 1.39. The van der Waals surface area contributed by atoms with Gasteiger partial charge in [0.25, 0.3) is 0 Å². The van der Waals surface area contributed by atoms with Crippen LogP contribution in [0.3, 0.4) is 0 Å². The number of hydrogen-bond donors (Lipinski definition) is 1. The molecule has 0 amide bonds. The minimum atomic E-state index is -0.637. The lowest BCUT2D eigenvalue weighted by molar-refractivity contribution is 0.387. The molecule has 22 heavy (non-hydrogen) atoms. The number of thiazole rings is 1. The van der Waals surface area contributed by atoms with Gasteiger partial charge in [-0.05, 0) is 18.2 Å². The Morgan fingerprint density at radius 2 is 2.00 bits per heavy atom. The van der Waals surface area contributed by atoms with E-state index in [1.165, 1.54) is 17.7 Å². The summed E-state index contributed by atoms with van der Waals surface area (Å²) in [5.41, 5.74) is 4.45. The zero-order chi connectivity index (χ0) is 15.1. The van der Waals surface area contributed by atoms with Crippen LogP contribution in [0.25, 0.3) is 33.0 Å². The molecule has 3 aromatic heterocycles. The smallest absolute Gasteiger partial charge is 0.296 e. The predicted molar refractivity (Wildman–Crippen MR) is 81.8 cm³/mol. The van der Waals surface area contributed by atoms with Gasteiger partial charge < -0.3 is 0 Å². The quantitative estimate of drug-likeness (QED) is 0.606. The average Bonchev–Trinajstić information content (AvgIpc) is 3.16. The van der Waals surface area contributed by atoms with Crippen LogP contribution in [0.4, 0.5) is 0 Å². The van der Waals surface area contributed by atoms with Gasteiger partial charge in [-0.3, -0.25) is 9.51 Å². The summed E-state index contributed by atoms with van der Waals surface area (Å²) in [6, 6.07) is 5.41. The third-order valence-corrected chi connectivity index (χ3v) is 4.32. The molecule has 0 spiro atoms. The number of nitrogens with one attached hydrogen (secondary N) is 1. The van der Waals surface area contributed by atoms with Crippen molar-refractivity contribution < 1.29 is 4.52 Å². The minimum Gasteiger partial charge on any atom is -0.296 e. The molecule has 1 N–H and O–H groups in total. The van der Waals surface area contributed by atoms with Gasteiger partial charge in [0.1, 0.15) is 12.0 Å². The summed E-state index contributed by atoms with van der Waals surface area (Å²) in [6.45, 7) is 0. The van der Waals surface area contributed by atoms with Crippen LogP contribution in [0.5, 0.6) is 0 Å². The monoisotopic (exact) mass is 331 g/mol. The number of hydrogen-bond acceptors (Lipinski definition) is 7. The van der Waals surface area contributed by atoms with Crippen molar-refractivity contribution in [1.29, 1.82) is 0 Å². The van der Waals surface area contributed by atoms with Crippen LogP contribution in [-0.4, -0.2) is 25.1 Å². The molecular formula is C13H6ClN5O2S. The van der Waals surface area contributed by atoms with Crippen LogP contribution < -0.4 is 5.76 Å². The van der Waals surface area contributed by atoms with Crippen molar-refractivity contribution in [3.63, 3.8) is 0 Å². The lowest BCUT2D eigenvalue weighted by Gasteiger charge is -2.03. The van der Waals surface area contributed by atoms with Gasteiger partial charge in [0.05, 0.1) is 26.4 Å². The van der Waals surface area contributed by atoms with Crippen LogP contribution in [0.2, 0.25) is 5.02 Å². The zero-order valence-corrected chi connectivity index (χ0v) is 12.4. The van der Waals surface area contributed by atoms with Crippen LogP contribution in [0, 0.1) is 0 Å². The van der Waals surface area contributed by atoms with Gasteiger partial charge in [0.15, 0.2) is 0 Å². The SMILES string of the molecule is O=c1[nH]c(-c2cc(-c3cc(Cl)c4scnc4c3)ncn2)no1. The highest BCUT2D eigenvalue weighted by molar-refractivity contribution is 7.17. The molecule has 4 aromatic rings. The molecule has 3 heterocycles. The molecule has 1 aromatic carbocycles. The Kier molecular flexibility index (Phi) is 2.98. The maximum Gasteiger partial charge on any atom is 0.439 e. The highest BCUT2D eigenvalue weighted by Crippen LogP contribution is 2.32. The molecule has 0 radical (unpaired) electrons. The van der Waals surface area contributed by atoms with E-state index in [1.807, 2.05) is 12.1 Å². The summed E-state index contributed by atoms with van der Waals surface area (Å²) in [5, 5.41) is 4.23. The van der Waals surface area contributed by atoms with E-state index in [4.69, 9.17) is 11.6 Å². The van der Waals surface area contributed by atoms with Crippen LogP contribution in [0.1, 0.15) is 0 Å². The fourth-order valence-electron chi connectivity index (χ4n) is 2.06. The van der Waals surface area contributed by atoms with Gasteiger partial charge in [-0.15, -0.1) is 11.3 Å². The van der Waals surface area contributed by atoms with E-state index in [2.05, 4.69) is 29.6 Å². The second-order valence-electron chi connectivity index (χ2n) is 4.39. The predicted octanol–water partition coefficient (Wildman–Crippen LogP) is 2.75. The Morgan fingerprint density at radius 3 is 2.82 bits per heavy atom. The third kappa shape index (κ3) is 2.18. The molecule has 0 fully saturated rings. The van der Waals surface area contributed by atoms with Gasteiger partial charge in [-0.1, -0.05) is 16.8 Å². The molecule has 4 rings (SSSR count). The van der Waals surface area contributed by atoms with Crippen molar-refractivity contribution >= 4 is 33.2 Å². The van der Waals surface area contributed by atoms with Crippen molar-refractivity contribution in [1.82, 2.24) is 25.1 Å². The molecule has 108 valence electrons. The molecule has 0 saturated carbocycles. The summed E-state index contributed by atoms with van der Waals surface area (Å²) < 4.78 is 5.41. The Hall–Kier alpha value is -2.58. The average molecular weight is 332 g/mol. The Bertz CT molecular complexity index is 1040. The topological polar surface area (TPSA) is 97.6 Å². The van der Waals surface area contributed by atoms with E-state index >= 15 is 0 Å². The molecular weight excluding hydrogens is 326 g/mol. The van der Waals surface area contributed by atoms with E-state index in [1.54, 1.807) is 11.6 Å². The Labute approximate surface area is 131 Å². The van der Waals surface area contributed by atoms with E-state index in [0.29, 0.717) is 16.4 Å². The lowest BCUT2D eigenvalue weighted by atomic mass is 10.1. The molecule has 0 atom stereocenters. The number of aromatic nitrogens is 5. The highest BCUT2D eigenvalue weighted by atomic mass is 35.5. The van der Waals surface area contributed by atoms with Crippen LogP contribution in [0.15, 0.2) is 39.4 Å². The second-order valence-corrected chi connectivity index (χ2v) is 5.65. The summed E-state index contributed by atoms with van der Waals surface area (Å²) in [4.78, 5) is 26.0. The number of benzene rings is 1. The molecule has 7 nitrogen and oxygen atoms in total. The molecule has 0 aliphatic heterocycles. The molecule has 9 heteroatoms. The number of rotatable bonds is 2. The molecule has 0 bridgehead atoms. The van der Waals surface area contributed by atoms with E-state index in [-0.39, 0.29) is 5.82 Å². The number of halogens is 1. The number of fused-ring (bicyclic) bond motifs is 1. The van der Waals surface area contributed by atoms with E-state index in [9.17, 15) is 4.79 Å². The van der Waals surface area contributed by atoms with Gasteiger partial charge in [0.2, 0.25) is 5.82 Å². The standard InChI is InChI=1S/C13H6ClN5O2S/c14-7-1-6(2-9-11(7)22-5-17-9)8-3-10(16-4-15-8)12-18-13(20)21-19-12/h1-5H,(H,18,19,20). The van der Waals surface area contributed by atoms with Crippen LogP contribution >= 0.6 is 22.9 Å². The van der Waals surface area contributed by atoms with Gasteiger partial charge in [-0.25, -0.2) is 19.7 Å². The van der Waals surface area contributed by atoms with Crippen molar-refractivity contribution in [2.45, 2.75) is 0 Å². The first-order valence-electron chi connectivity index (χ1n) is 6.12. The summed E-state index contributed by atoms with van der Waals surface area (Å²) in [5.74, 6) is -0.392. The lowest BCUT2D eigenvalue weighted by Crippen LogP contribution is -1.96. The Morgan fingerprint density at radius 1 is 1.14 bits per heavy atom. The molecule has 0 aliphatic rings. The van der Waals surface area contributed by atoms with Crippen molar-refractivity contribution in [2.75, 3.05) is 0 Å². The summed E-state index contributed by atoms with van der Waals surface area (Å²) >= 11 is 7.75. The maximum atomic E-state index is 11.0. The fourth-order valence-corrected chi connectivity index (χ4v) is 3.08. The highest BCUT2D eigenvalue weighted by Gasteiger charge is 2.11. The first-order chi connectivity index (χ1) is 10.7. The van der Waals surface area contributed by atoms with E-state index in [0.717, 1.165) is 15.8 Å². The molecule has 0 saturated heterocycles. The number of aromatic amines is 1. The van der Waals surface area contributed by atoms with Gasteiger partial charge >= 0.3 is 5.76 Å². The summed E-state index contributed by atoms with van der Waals surface area (Å²) in [7, 11) is 0. The number of H-pyrrole nitrogens is 1. The normalized spacial score (nSPS) is 11.1. The van der Waals surface area contributed by atoms with E-state index < -0.39 is 5.76 Å².